The molecule has 0 saturated carbocycles. The molecule has 3 rings (SSSR count). The molecule has 1 aromatic heterocycles. The van der Waals surface area contributed by atoms with Gasteiger partial charge in [-0.25, -0.2) is 9.97 Å². The van der Waals surface area contributed by atoms with Gasteiger partial charge >= 0.3 is 0 Å². The number of carbonyl (C=O) groups is 1. The van der Waals surface area contributed by atoms with E-state index in [1.807, 2.05) is 36.1 Å². The van der Waals surface area contributed by atoms with E-state index in [1.54, 1.807) is 7.11 Å². The van der Waals surface area contributed by atoms with E-state index in [9.17, 15) is 4.79 Å². The summed E-state index contributed by atoms with van der Waals surface area (Å²) in [7, 11) is 3.21. The molecule has 1 amide bonds. The molecule has 0 N–H and O–H groups in total. The fourth-order valence-corrected chi connectivity index (χ4v) is 3.65. The largest absolute Gasteiger partial charge is 0.378 e. The Kier molecular flexibility index (Phi) is 7.41. The van der Waals surface area contributed by atoms with E-state index in [1.165, 1.54) is 7.11 Å². The number of amides is 1. The van der Waals surface area contributed by atoms with Crippen molar-refractivity contribution in [1.29, 1.82) is 0 Å². The van der Waals surface area contributed by atoms with Crippen molar-refractivity contribution in [1.82, 2.24) is 14.9 Å². The molecule has 8 heteroatoms. The molecule has 0 radical (unpaired) electrons. The van der Waals surface area contributed by atoms with E-state index < -0.39 is 0 Å². The summed E-state index contributed by atoms with van der Waals surface area (Å²) in [6.07, 6.45) is 0.689. The summed E-state index contributed by atoms with van der Waals surface area (Å²) < 4.78 is 10.4. The lowest BCUT2D eigenvalue weighted by atomic mass is 10.0. The monoisotopic (exact) mass is 418 g/mol. The van der Waals surface area contributed by atoms with Crippen LogP contribution in [0.25, 0.3) is 0 Å². The predicted octanol–water partition coefficient (Wildman–Crippen LogP) is 2.47. The first-order valence-corrected chi connectivity index (χ1v) is 10.0. The summed E-state index contributed by atoms with van der Waals surface area (Å²) in [6.45, 7) is 5.15. The zero-order chi connectivity index (χ0) is 20.8. The van der Waals surface area contributed by atoms with E-state index in [-0.39, 0.29) is 12.5 Å². The van der Waals surface area contributed by atoms with Crippen LogP contribution in [0.15, 0.2) is 24.3 Å². The van der Waals surface area contributed by atoms with Crippen LogP contribution >= 0.6 is 11.6 Å². The van der Waals surface area contributed by atoms with Crippen LogP contribution in [-0.4, -0.2) is 67.8 Å². The minimum absolute atomic E-state index is 0.0208. The number of aryl methyl sites for hydroxylation is 1. The van der Waals surface area contributed by atoms with Crippen molar-refractivity contribution in [3.8, 4) is 0 Å². The molecule has 1 aliphatic heterocycles. The van der Waals surface area contributed by atoms with Gasteiger partial charge in [-0.15, -0.1) is 0 Å². The van der Waals surface area contributed by atoms with Gasteiger partial charge in [0.25, 0.3) is 0 Å². The second-order valence-electron chi connectivity index (χ2n) is 7.06. The number of methoxy groups -OCH3 is 2. The number of ether oxygens (including phenoxy) is 2. The number of benzene rings is 1. The van der Waals surface area contributed by atoms with Gasteiger partial charge in [0.05, 0.1) is 12.3 Å². The van der Waals surface area contributed by atoms with E-state index in [2.05, 4.69) is 9.88 Å². The molecule has 1 fully saturated rings. The van der Waals surface area contributed by atoms with Crippen LogP contribution in [0.1, 0.15) is 22.6 Å². The Labute approximate surface area is 176 Å². The van der Waals surface area contributed by atoms with E-state index >= 15 is 0 Å². The van der Waals surface area contributed by atoms with E-state index in [4.69, 9.17) is 26.1 Å². The molecule has 0 aliphatic carbocycles. The highest BCUT2D eigenvalue weighted by atomic mass is 35.5. The fourth-order valence-electron chi connectivity index (χ4n) is 3.53. The van der Waals surface area contributed by atoms with Crippen LogP contribution in [0.3, 0.4) is 0 Å². The molecule has 1 saturated heterocycles. The highest BCUT2D eigenvalue weighted by Crippen LogP contribution is 2.26. The lowest BCUT2D eigenvalue weighted by Gasteiger charge is -2.36. The van der Waals surface area contributed by atoms with Crippen LogP contribution in [0.5, 0.6) is 0 Å². The van der Waals surface area contributed by atoms with Crippen LogP contribution in [0.4, 0.5) is 5.82 Å². The maximum atomic E-state index is 12.1. The molecular weight excluding hydrogens is 392 g/mol. The lowest BCUT2D eigenvalue weighted by molar-refractivity contribution is -0.135. The Morgan fingerprint density at radius 1 is 1.07 bits per heavy atom. The molecule has 0 spiro atoms. The third-order valence-corrected chi connectivity index (χ3v) is 5.21. The summed E-state index contributed by atoms with van der Waals surface area (Å²) in [6, 6.07) is 7.82. The maximum Gasteiger partial charge on any atom is 0.248 e. The van der Waals surface area contributed by atoms with Crippen molar-refractivity contribution >= 4 is 23.3 Å². The molecule has 7 nitrogen and oxygen atoms in total. The average molecular weight is 419 g/mol. The first kappa shape index (κ1) is 21.5. The average Bonchev–Trinajstić information content (AvgIpc) is 2.72. The van der Waals surface area contributed by atoms with Crippen molar-refractivity contribution in [2.45, 2.75) is 20.0 Å². The SMILES string of the molecule is COCC(=O)N1CCN(c2nc(C)nc(COC)c2Cc2ccc(Cl)cc2)CC1. The highest BCUT2D eigenvalue weighted by molar-refractivity contribution is 6.30. The summed E-state index contributed by atoms with van der Waals surface area (Å²) >= 11 is 6.04. The minimum Gasteiger partial charge on any atom is -0.378 e. The van der Waals surface area contributed by atoms with Gasteiger partial charge in [-0.2, -0.15) is 0 Å². The number of piperazine rings is 1. The molecule has 29 heavy (non-hydrogen) atoms. The van der Waals surface area contributed by atoms with E-state index in [0.29, 0.717) is 50.1 Å². The third-order valence-electron chi connectivity index (χ3n) is 4.96. The molecule has 156 valence electrons. The molecule has 0 bridgehead atoms. The zero-order valence-electron chi connectivity index (χ0n) is 17.2. The number of nitrogens with zero attached hydrogens (tertiary/aromatic N) is 4. The molecule has 1 aliphatic rings. The minimum atomic E-state index is 0.0208. The van der Waals surface area contributed by atoms with Crippen LogP contribution in [0, 0.1) is 6.92 Å². The van der Waals surface area contributed by atoms with Gasteiger partial charge in [0, 0.05) is 57.4 Å². The quantitative estimate of drug-likeness (QED) is 0.688. The number of carbonyl (C=O) groups excluding carboxylic acids is 1. The molecule has 2 aromatic rings. The highest BCUT2D eigenvalue weighted by Gasteiger charge is 2.25. The summed E-state index contributed by atoms with van der Waals surface area (Å²) in [4.78, 5) is 25.6. The number of hydrogen-bond acceptors (Lipinski definition) is 6. The molecule has 1 aromatic carbocycles. The van der Waals surface area contributed by atoms with Gasteiger partial charge in [0.15, 0.2) is 0 Å². The number of halogens is 1. The Bertz CT molecular complexity index is 837. The number of rotatable bonds is 7. The Morgan fingerprint density at radius 3 is 2.38 bits per heavy atom. The van der Waals surface area contributed by atoms with Crippen molar-refractivity contribution in [3.05, 3.63) is 51.9 Å². The Hall–Kier alpha value is -2.22. The summed E-state index contributed by atoms with van der Waals surface area (Å²) in [5.74, 6) is 1.65. The smallest absolute Gasteiger partial charge is 0.248 e. The lowest BCUT2D eigenvalue weighted by Crippen LogP contribution is -2.50. The Balaban J connectivity index is 1.87. The van der Waals surface area contributed by atoms with Crippen molar-refractivity contribution in [2.24, 2.45) is 0 Å². The van der Waals surface area contributed by atoms with E-state index in [0.717, 1.165) is 22.6 Å². The molecule has 0 atom stereocenters. The second-order valence-corrected chi connectivity index (χ2v) is 7.49. The molecular formula is C21H27ClN4O3. The second kappa shape index (κ2) is 10.0. The summed E-state index contributed by atoms with van der Waals surface area (Å²) in [5, 5.41) is 0.711. The number of hydrogen-bond donors (Lipinski definition) is 0. The van der Waals surface area contributed by atoms with Crippen LogP contribution in [0.2, 0.25) is 5.02 Å². The van der Waals surface area contributed by atoms with Crippen molar-refractivity contribution in [2.75, 3.05) is 51.9 Å². The van der Waals surface area contributed by atoms with Gasteiger partial charge in [0.1, 0.15) is 18.2 Å². The normalized spacial score (nSPS) is 14.3. The number of anilines is 1. The Morgan fingerprint density at radius 2 is 1.76 bits per heavy atom. The van der Waals surface area contributed by atoms with Gasteiger partial charge in [-0.1, -0.05) is 23.7 Å². The topological polar surface area (TPSA) is 67.8 Å². The van der Waals surface area contributed by atoms with Gasteiger partial charge in [-0.3, -0.25) is 4.79 Å². The number of aromatic nitrogens is 2. The van der Waals surface area contributed by atoms with Gasteiger partial charge in [0.2, 0.25) is 5.91 Å². The first-order valence-electron chi connectivity index (χ1n) is 9.63. The molecule has 2 heterocycles. The molecule has 0 unspecified atom stereocenters. The zero-order valence-corrected chi connectivity index (χ0v) is 17.9. The van der Waals surface area contributed by atoms with Crippen molar-refractivity contribution < 1.29 is 14.3 Å². The maximum absolute atomic E-state index is 12.1. The summed E-state index contributed by atoms with van der Waals surface area (Å²) in [5.41, 5.74) is 3.08. The standard InChI is InChI=1S/C21H27ClN4O3/c1-15-23-19(13-28-2)18(12-16-4-6-17(22)7-5-16)21(24-15)26-10-8-25(9-11-26)20(27)14-29-3/h4-7H,8-14H2,1-3H3. The first-order chi connectivity index (χ1) is 14.0. The van der Waals surface area contributed by atoms with Crippen LogP contribution < -0.4 is 4.90 Å². The van der Waals surface area contributed by atoms with Gasteiger partial charge in [-0.05, 0) is 24.6 Å². The van der Waals surface area contributed by atoms with Gasteiger partial charge < -0.3 is 19.3 Å². The fraction of sp³-hybridized carbons (Fsp3) is 0.476. The third kappa shape index (κ3) is 5.44. The van der Waals surface area contributed by atoms with Crippen LogP contribution in [-0.2, 0) is 27.3 Å². The predicted molar refractivity (Wildman–Crippen MR) is 112 cm³/mol. The van der Waals surface area contributed by atoms with Crippen molar-refractivity contribution in [3.63, 3.8) is 0 Å².